The topological polar surface area (TPSA) is 77.3 Å². The number of primary amides is 1. The molecule has 0 spiro atoms. The maximum absolute atomic E-state index is 10.5. The Bertz CT molecular complexity index is 534. The number of H-pyrrole nitrogens is 1. The highest BCUT2D eigenvalue weighted by molar-refractivity contribution is 5.84. The Kier molecular flexibility index (Phi) is 3.18. The molecule has 17 heavy (non-hydrogen) atoms. The molecular weight excluding hydrogens is 220 g/mol. The second-order valence-corrected chi connectivity index (χ2v) is 3.64. The minimum Gasteiger partial charge on any atom is -0.497 e. The Hall–Kier alpha value is -2.17. The van der Waals surface area contributed by atoms with E-state index in [1.807, 2.05) is 24.4 Å². The number of hydrogen-bond donors (Lipinski definition) is 2. The molecule has 0 saturated carbocycles. The van der Waals surface area contributed by atoms with Gasteiger partial charge in [-0.1, -0.05) is 0 Å². The number of rotatable bonds is 4. The maximum atomic E-state index is 10.5. The van der Waals surface area contributed by atoms with Crippen LogP contribution in [0, 0.1) is 0 Å². The standard InChI is InChI=1S/C12H14N2O3/c1-16-9-2-3-11-10(6-9)8(7-14-11)4-5-17-12(13)15/h2-3,6-7,14H,4-5H2,1H3,(H2,13,15). The summed E-state index contributed by atoms with van der Waals surface area (Å²) in [5, 5.41) is 1.07. The van der Waals surface area contributed by atoms with Crippen molar-refractivity contribution in [1.29, 1.82) is 0 Å². The van der Waals surface area contributed by atoms with Gasteiger partial charge in [-0.25, -0.2) is 4.79 Å². The fourth-order valence-corrected chi connectivity index (χ4v) is 1.75. The molecule has 1 amide bonds. The molecule has 0 atom stereocenters. The van der Waals surface area contributed by atoms with Gasteiger partial charge >= 0.3 is 6.09 Å². The molecule has 0 saturated heterocycles. The molecule has 0 aliphatic rings. The summed E-state index contributed by atoms with van der Waals surface area (Å²) < 4.78 is 9.88. The van der Waals surface area contributed by atoms with Gasteiger partial charge < -0.3 is 20.2 Å². The molecule has 0 aliphatic carbocycles. The smallest absolute Gasteiger partial charge is 0.404 e. The average Bonchev–Trinajstić information content (AvgIpc) is 2.71. The number of methoxy groups -OCH3 is 1. The van der Waals surface area contributed by atoms with E-state index in [-0.39, 0.29) is 6.61 Å². The average molecular weight is 234 g/mol. The fourth-order valence-electron chi connectivity index (χ4n) is 1.75. The molecule has 5 heteroatoms. The lowest BCUT2D eigenvalue weighted by Gasteiger charge is -2.02. The quantitative estimate of drug-likeness (QED) is 0.846. The van der Waals surface area contributed by atoms with E-state index in [1.165, 1.54) is 0 Å². The van der Waals surface area contributed by atoms with Crippen molar-refractivity contribution < 1.29 is 14.3 Å². The summed E-state index contributed by atoms with van der Waals surface area (Å²) in [4.78, 5) is 13.6. The molecule has 1 aromatic carbocycles. The zero-order chi connectivity index (χ0) is 12.3. The highest BCUT2D eigenvalue weighted by atomic mass is 16.5. The second-order valence-electron chi connectivity index (χ2n) is 3.64. The molecule has 1 heterocycles. The Morgan fingerprint density at radius 3 is 3.00 bits per heavy atom. The van der Waals surface area contributed by atoms with Gasteiger partial charge in [-0.2, -0.15) is 0 Å². The number of benzene rings is 1. The predicted molar refractivity (Wildman–Crippen MR) is 64.1 cm³/mol. The predicted octanol–water partition coefficient (Wildman–Crippen LogP) is 1.81. The minimum atomic E-state index is -0.748. The van der Waals surface area contributed by atoms with E-state index in [0.717, 1.165) is 22.2 Å². The van der Waals surface area contributed by atoms with Crippen LogP contribution in [-0.2, 0) is 11.2 Å². The number of nitrogens with two attached hydrogens (primary N) is 1. The van der Waals surface area contributed by atoms with Gasteiger partial charge in [0.2, 0.25) is 0 Å². The van der Waals surface area contributed by atoms with Crippen molar-refractivity contribution in [3.63, 3.8) is 0 Å². The van der Waals surface area contributed by atoms with Gasteiger partial charge in [0, 0.05) is 23.5 Å². The van der Waals surface area contributed by atoms with Crippen LogP contribution >= 0.6 is 0 Å². The van der Waals surface area contributed by atoms with Gasteiger partial charge in [-0.3, -0.25) is 0 Å². The summed E-state index contributed by atoms with van der Waals surface area (Å²) in [6.07, 6.45) is 1.77. The van der Waals surface area contributed by atoms with Crippen molar-refractivity contribution in [3.05, 3.63) is 30.0 Å². The Balaban J connectivity index is 2.19. The maximum Gasteiger partial charge on any atom is 0.404 e. The van der Waals surface area contributed by atoms with Crippen LogP contribution < -0.4 is 10.5 Å². The molecular formula is C12H14N2O3. The lowest BCUT2D eigenvalue weighted by atomic mass is 10.1. The van der Waals surface area contributed by atoms with E-state index in [1.54, 1.807) is 7.11 Å². The molecule has 1 aromatic heterocycles. The SMILES string of the molecule is COc1ccc2[nH]cc(CCOC(N)=O)c2c1. The van der Waals surface area contributed by atoms with Crippen molar-refractivity contribution in [2.24, 2.45) is 5.73 Å². The second kappa shape index (κ2) is 4.78. The highest BCUT2D eigenvalue weighted by Crippen LogP contribution is 2.23. The summed E-state index contributed by atoms with van der Waals surface area (Å²) in [7, 11) is 1.63. The number of ether oxygens (including phenoxy) is 2. The van der Waals surface area contributed by atoms with Gasteiger partial charge in [0.15, 0.2) is 0 Å². The summed E-state index contributed by atoms with van der Waals surface area (Å²) in [6.45, 7) is 0.277. The third kappa shape index (κ3) is 2.50. The van der Waals surface area contributed by atoms with E-state index in [2.05, 4.69) is 4.98 Å². The molecule has 0 fully saturated rings. The van der Waals surface area contributed by atoms with Crippen molar-refractivity contribution >= 4 is 17.0 Å². The van der Waals surface area contributed by atoms with Crippen molar-refractivity contribution in [2.45, 2.75) is 6.42 Å². The number of nitrogens with one attached hydrogen (secondary N) is 1. The molecule has 0 bridgehead atoms. The number of aromatic amines is 1. The summed E-state index contributed by atoms with van der Waals surface area (Å²) in [5.74, 6) is 0.800. The van der Waals surface area contributed by atoms with E-state index < -0.39 is 6.09 Å². The molecule has 0 aliphatic heterocycles. The summed E-state index contributed by atoms with van der Waals surface area (Å²) >= 11 is 0. The Morgan fingerprint density at radius 2 is 2.29 bits per heavy atom. The molecule has 90 valence electrons. The molecule has 2 aromatic rings. The third-order valence-electron chi connectivity index (χ3n) is 2.59. The Labute approximate surface area is 98.5 Å². The van der Waals surface area contributed by atoms with Crippen LogP contribution in [0.1, 0.15) is 5.56 Å². The first-order chi connectivity index (χ1) is 8.20. The first-order valence-corrected chi connectivity index (χ1v) is 5.27. The van der Waals surface area contributed by atoms with E-state index >= 15 is 0 Å². The lowest BCUT2D eigenvalue weighted by molar-refractivity contribution is 0.158. The Morgan fingerprint density at radius 1 is 1.47 bits per heavy atom. The summed E-state index contributed by atoms with van der Waals surface area (Å²) in [6, 6.07) is 5.79. The van der Waals surface area contributed by atoms with Crippen LogP contribution in [0.5, 0.6) is 5.75 Å². The highest BCUT2D eigenvalue weighted by Gasteiger charge is 2.05. The van der Waals surface area contributed by atoms with Gasteiger partial charge in [0.05, 0.1) is 13.7 Å². The molecule has 2 rings (SSSR count). The molecule has 5 nitrogen and oxygen atoms in total. The monoisotopic (exact) mass is 234 g/mol. The number of amides is 1. The number of carbonyl (C=O) groups is 1. The van der Waals surface area contributed by atoms with Gasteiger partial charge in [0.1, 0.15) is 5.75 Å². The molecule has 0 unspecified atom stereocenters. The largest absolute Gasteiger partial charge is 0.497 e. The van der Waals surface area contributed by atoms with Crippen LogP contribution in [0.4, 0.5) is 4.79 Å². The zero-order valence-electron chi connectivity index (χ0n) is 9.53. The normalized spacial score (nSPS) is 10.4. The third-order valence-corrected chi connectivity index (χ3v) is 2.59. The number of fused-ring (bicyclic) bond motifs is 1. The molecule has 3 N–H and O–H groups in total. The van der Waals surface area contributed by atoms with Crippen LogP contribution in [0.3, 0.4) is 0 Å². The van der Waals surface area contributed by atoms with E-state index in [4.69, 9.17) is 15.2 Å². The molecule has 0 radical (unpaired) electrons. The number of aromatic nitrogens is 1. The first-order valence-electron chi connectivity index (χ1n) is 5.27. The lowest BCUT2D eigenvalue weighted by Crippen LogP contribution is -2.14. The van der Waals surface area contributed by atoms with Crippen LogP contribution in [0.2, 0.25) is 0 Å². The van der Waals surface area contributed by atoms with E-state index in [0.29, 0.717) is 6.42 Å². The van der Waals surface area contributed by atoms with Crippen molar-refractivity contribution in [1.82, 2.24) is 4.98 Å². The van der Waals surface area contributed by atoms with Crippen LogP contribution in [0.15, 0.2) is 24.4 Å². The number of carbonyl (C=O) groups excluding carboxylic acids is 1. The van der Waals surface area contributed by atoms with Crippen LogP contribution in [-0.4, -0.2) is 24.8 Å². The van der Waals surface area contributed by atoms with Gasteiger partial charge in [-0.15, -0.1) is 0 Å². The van der Waals surface area contributed by atoms with Crippen LogP contribution in [0.25, 0.3) is 10.9 Å². The number of hydrogen-bond acceptors (Lipinski definition) is 3. The first kappa shape index (κ1) is 11.3. The minimum absolute atomic E-state index is 0.277. The van der Waals surface area contributed by atoms with Crippen molar-refractivity contribution in [3.8, 4) is 5.75 Å². The van der Waals surface area contributed by atoms with E-state index in [9.17, 15) is 4.79 Å². The fraction of sp³-hybridized carbons (Fsp3) is 0.250. The van der Waals surface area contributed by atoms with Crippen molar-refractivity contribution in [2.75, 3.05) is 13.7 Å². The zero-order valence-corrected chi connectivity index (χ0v) is 9.53. The van der Waals surface area contributed by atoms with Gasteiger partial charge in [0.25, 0.3) is 0 Å². The van der Waals surface area contributed by atoms with Gasteiger partial charge in [-0.05, 0) is 23.8 Å². The summed E-state index contributed by atoms with van der Waals surface area (Å²) in [5.41, 5.74) is 7.00.